The fraction of sp³-hybridized carbons (Fsp3) is 0.304. The lowest BCUT2D eigenvalue weighted by molar-refractivity contribution is 0.370. The first-order valence-electron chi connectivity index (χ1n) is 10.1. The Kier molecular flexibility index (Phi) is 7.32. The summed E-state index contributed by atoms with van der Waals surface area (Å²) in [6, 6.07) is 15.6. The second kappa shape index (κ2) is 10.3. The summed E-state index contributed by atoms with van der Waals surface area (Å²) >= 11 is 0. The Morgan fingerprint density at radius 3 is 2.73 bits per heavy atom. The van der Waals surface area contributed by atoms with Crippen LogP contribution in [0.5, 0.6) is 11.5 Å². The lowest BCUT2D eigenvalue weighted by Crippen LogP contribution is -2.38. The predicted molar refractivity (Wildman–Crippen MR) is 120 cm³/mol. The third-order valence-corrected chi connectivity index (χ3v) is 4.74. The van der Waals surface area contributed by atoms with E-state index in [4.69, 9.17) is 9.73 Å². The number of para-hydroxylation sites is 1. The zero-order valence-corrected chi connectivity index (χ0v) is 17.7. The number of aliphatic imine (C=N–C) groups is 1. The number of H-pyrrole nitrogens is 1. The monoisotopic (exact) mass is 407 g/mol. The summed E-state index contributed by atoms with van der Waals surface area (Å²) in [5, 5.41) is 13.6. The molecule has 2 aromatic carbocycles. The van der Waals surface area contributed by atoms with Gasteiger partial charge in [0.15, 0.2) is 17.5 Å². The first-order valence-corrected chi connectivity index (χ1v) is 10.1. The minimum absolute atomic E-state index is 0.178. The summed E-state index contributed by atoms with van der Waals surface area (Å²) in [4.78, 5) is 14.6. The molecule has 7 heteroatoms. The number of nitrogens with zero attached hydrogens (tertiary/aromatic N) is 3. The van der Waals surface area contributed by atoms with Crippen LogP contribution in [0.1, 0.15) is 18.3 Å². The number of hydrogen-bond acceptors (Lipinski definition) is 4. The second-order valence-corrected chi connectivity index (χ2v) is 6.92. The number of imidazole rings is 1. The maximum Gasteiger partial charge on any atom is 0.194 e. The summed E-state index contributed by atoms with van der Waals surface area (Å²) in [7, 11) is 3.53. The Morgan fingerprint density at radius 2 is 2.00 bits per heavy atom. The average molecular weight is 408 g/mol. The van der Waals surface area contributed by atoms with E-state index in [0.717, 1.165) is 35.1 Å². The van der Waals surface area contributed by atoms with Crippen molar-refractivity contribution >= 4 is 5.96 Å². The second-order valence-electron chi connectivity index (χ2n) is 6.92. The molecule has 0 radical (unpaired) electrons. The van der Waals surface area contributed by atoms with Gasteiger partial charge in [0.1, 0.15) is 5.82 Å². The summed E-state index contributed by atoms with van der Waals surface area (Å²) in [6.07, 6.45) is 2.47. The van der Waals surface area contributed by atoms with E-state index in [2.05, 4.69) is 27.4 Å². The molecule has 3 aromatic rings. The van der Waals surface area contributed by atoms with E-state index in [1.54, 1.807) is 13.2 Å². The van der Waals surface area contributed by atoms with Crippen molar-refractivity contribution in [3.8, 4) is 22.8 Å². The van der Waals surface area contributed by atoms with Gasteiger partial charge in [0.05, 0.1) is 25.5 Å². The topological polar surface area (TPSA) is 85.8 Å². The zero-order valence-electron chi connectivity index (χ0n) is 17.7. The molecule has 3 rings (SSSR count). The van der Waals surface area contributed by atoms with Crippen LogP contribution in [0.2, 0.25) is 0 Å². The molecule has 30 heavy (non-hydrogen) atoms. The molecule has 0 aliphatic carbocycles. The molecular weight excluding hydrogens is 378 g/mol. The maximum atomic E-state index is 10.2. The van der Waals surface area contributed by atoms with E-state index < -0.39 is 0 Å². The van der Waals surface area contributed by atoms with E-state index in [9.17, 15) is 5.11 Å². The molecule has 0 atom stereocenters. The van der Waals surface area contributed by atoms with Crippen LogP contribution in [0, 0.1) is 0 Å². The highest BCUT2D eigenvalue weighted by Crippen LogP contribution is 2.29. The minimum atomic E-state index is 0.178. The van der Waals surface area contributed by atoms with Crippen LogP contribution in [-0.2, 0) is 13.0 Å². The van der Waals surface area contributed by atoms with Crippen molar-refractivity contribution in [1.82, 2.24) is 20.2 Å². The molecular formula is C23H29N5O2. The molecule has 3 N–H and O–H groups in total. The lowest BCUT2D eigenvalue weighted by Gasteiger charge is -2.21. The number of benzene rings is 2. The number of rotatable bonds is 8. The Labute approximate surface area is 177 Å². The molecule has 0 unspecified atom stereocenters. The molecule has 0 bridgehead atoms. The average Bonchev–Trinajstić information content (AvgIpc) is 3.23. The number of ether oxygens (including phenoxy) is 1. The van der Waals surface area contributed by atoms with Crippen molar-refractivity contribution in [1.29, 1.82) is 0 Å². The van der Waals surface area contributed by atoms with Crippen molar-refractivity contribution in [2.24, 2.45) is 4.99 Å². The van der Waals surface area contributed by atoms with Gasteiger partial charge in [0.25, 0.3) is 0 Å². The van der Waals surface area contributed by atoms with Crippen molar-refractivity contribution in [2.75, 3.05) is 27.2 Å². The van der Waals surface area contributed by atoms with Gasteiger partial charge >= 0.3 is 0 Å². The molecule has 1 heterocycles. The summed E-state index contributed by atoms with van der Waals surface area (Å²) in [5.41, 5.74) is 2.92. The standard InChI is InChI=1S/C23H29N5O2/c1-4-24-23(25-14-13-18-11-8-12-20(30-3)22(18)29)28(2)16-21-26-15-19(27-21)17-9-6-5-7-10-17/h5-12,15,29H,4,13-14,16H2,1-3H3,(H,24,25)(H,26,27). The number of guanidine groups is 1. The molecule has 0 saturated heterocycles. The number of phenols is 1. The molecule has 0 aliphatic rings. The van der Waals surface area contributed by atoms with Gasteiger partial charge in [-0.25, -0.2) is 4.98 Å². The van der Waals surface area contributed by atoms with E-state index >= 15 is 0 Å². The largest absolute Gasteiger partial charge is 0.504 e. The highest BCUT2D eigenvalue weighted by Gasteiger charge is 2.11. The van der Waals surface area contributed by atoms with Crippen LogP contribution in [0.3, 0.4) is 0 Å². The highest BCUT2D eigenvalue weighted by atomic mass is 16.5. The van der Waals surface area contributed by atoms with Crippen LogP contribution >= 0.6 is 0 Å². The molecule has 0 saturated carbocycles. The quantitative estimate of drug-likeness (QED) is 0.393. The van der Waals surface area contributed by atoms with Crippen LogP contribution in [0.4, 0.5) is 0 Å². The van der Waals surface area contributed by atoms with Crippen molar-refractivity contribution in [3.05, 3.63) is 66.1 Å². The van der Waals surface area contributed by atoms with Crippen LogP contribution < -0.4 is 10.1 Å². The normalized spacial score (nSPS) is 11.4. The fourth-order valence-corrected chi connectivity index (χ4v) is 3.19. The predicted octanol–water partition coefficient (Wildman–Crippen LogP) is 3.43. The molecule has 1 aromatic heterocycles. The van der Waals surface area contributed by atoms with E-state index in [1.165, 1.54) is 0 Å². The fourth-order valence-electron chi connectivity index (χ4n) is 3.19. The maximum absolute atomic E-state index is 10.2. The van der Waals surface area contributed by atoms with Crippen LogP contribution in [0.15, 0.2) is 59.7 Å². The van der Waals surface area contributed by atoms with Gasteiger partial charge in [-0.1, -0.05) is 42.5 Å². The Morgan fingerprint density at radius 1 is 1.20 bits per heavy atom. The third-order valence-electron chi connectivity index (χ3n) is 4.74. The van der Waals surface area contributed by atoms with Crippen molar-refractivity contribution in [2.45, 2.75) is 19.9 Å². The molecule has 0 fully saturated rings. The number of nitrogens with one attached hydrogen (secondary N) is 2. The molecule has 158 valence electrons. The SMILES string of the molecule is CCNC(=NCCc1cccc(OC)c1O)N(C)Cc1ncc(-c2ccccc2)[nH]1. The van der Waals surface area contributed by atoms with Gasteiger partial charge in [0, 0.05) is 20.1 Å². The number of aromatic hydroxyl groups is 1. The van der Waals surface area contributed by atoms with Gasteiger partial charge in [-0.05, 0) is 30.5 Å². The van der Waals surface area contributed by atoms with Crippen LogP contribution in [0.25, 0.3) is 11.3 Å². The van der Waals surface area contributed by atoms with E-state index in [0.29, 0.717) is 25.3 Å². The van der Waals surface area contributed by atoms with Gasteiger partial charge in [-0.2, -0.15) is 0 Å². The Balaban J connectivity index is 1.64. The molecule has 0 aliphatic heterocycles. The van der Waals surface area contributed by atoms with Crippen molar-refractivity contribution in [3.63, 3.8) is 0 Å². The number of methoxy groups -OCH3 is 1. The number of hydrogen-bond donors (Lipinski definition) is 3. The smallest absolute Gasteiger partial charge is 0.194 e. The first-order chi connectivity index (χ1) is 14.6. The summed E-state index contributed by atoms with van der Waals surface area (Å²) in [5.74, 6) is 2.31. The Hall–Kier alpha value is -3.48. The van der Waals surface area contributed by atoms with Gasteiger partial charge < -0.3 is 25.0 Å². The number of aromatic amines is 1. The molecule has 0 amide bonds. The molecule has 7 nitrogen and oxygen atoms in total. The Bertz CT molecular complexity index is 969. The third kappa shape index (κ3) is 5.31. The highest BCUT2D eigenvalue weighted by molar-refractivity contribution is 5.79. The van der Waals surface area contributed by atoms with E-state index in [1.807, 2.05) is 55.4 Å². The number of aromatic nitrogens is 2. The summed E-state index contributed by atoms with van der Waals surface area (Å²) in [6.45, 7) is 3.95. The van der Waals surface area contributed by atoms with Gasteiger partial charge in [0.2, 0.25) is 0 Å². The van der Waals surface area contributed by atoms with Crippen LogP contribution in [-0.4, -0.2) is 53.2 Å². The zero-order chi connectivity index (χ0) is 21.3. The molecule has 0 spiro atoms. The number of phenolic OH excluding ortho intramolecular Hbond substituents is 1. The lowest BCUT2D eigenvalue weighted by atomic mass is 10.1. The van der Waals surface area contributed by atoms with Gasteiger partial charge in [-0.15, -0.1) is 0 Å². The summed E-state index contributed by atoms with van der Waals surface area (Å²) < 4.78 is 5.17. The first kappa shape index (κ1) is 21.2. The van der Waals surface area contributed by atoms with Gasteiger partial charge in [-0.3, -0.25) is 4.99 Å². The van der Waals surface area contributed by atoms with Crippen molar-refractivity contribution < 1.29 is 9.84 Å². The van der Waals surface area contributed by atoms with E-state index in [-0.39, 0.29) is 5.75 Å². The minimum Gasteiger partial charge on any atom is -0.504 e.